The van der Waals surface area contributed by atoms with Gasteiger partial charge in [-0.25, -0.2) is 0 Å². The normalized spacial score (nSPS) is 12.8. The number of halogens is 2. The summed E-state index contributed by atoms with van der Waals surface area (Å²) < 4.78 is -0.697. The van der Waals surface area contributed by atoms with Gasteiger partial charge in [0.05, 0.1) is 0 Å². The molecule has 171 valence electrons. The number of alkyl halides is 2. The summed E-state index contributed by atoms with van der Waals surface area (Å²) in [6.07, 6.45) is 0.796. The van der Waals surface area contributed by atoms with Crippen molar-refractivity contribution in [1.82, 2.24) is 0 Å². The molecule has 0 heterocycles. The van der Waals surface area contributed by atoms with E-state index in [1.165, 1.54) is 21.2 Å². The summed E-state index contributed by atoms with van der Waals surface area (Å²) in [6, 6.07) is 42.8. The molecule has 0 N–H and O–H groups in total. The van der Waals surface area contributed by atoms with Crippen LogP contribution in [0.25, 0.3) is 0 Å². The van der Waals surface area contributed by atoms with E-state index >= 15 is 0 Å². The van der Waals surface area contributed by atoms with Crippen LogP contribution in [0.3, 0.4) is 0 Å². The third-order valence-corrected chi connectivity index (χ3v) is 14.5. The maximum atomic E-state index is 8.05. The first kappa shape index (κ1) is 25.1. The summed E-state index contributed by atoms with van der Waals surface area (Å²) in [4.78, 5) is 0.838. The third-order valence-electron chi connectivity index (χ3n) is 5.43. The van der Waals surface area contributed by atoms with E-state index in [0.29, 0.717) is 0 Å². The van der Waals surface area contributed by atoms with E-state index in [0.717, 1.165) is 11.3 Å². The predicted octanol–water partition coefficient (Wildman–Crippen LogP) is 7.11. The van der Waals surface area contributed by atoms with Gasteiger partial charge in [0.1, 0.15) is 0 Å². The van der Waals surface area contributed by atoms with E-state index in [2.05, 4.69) is 141 Å². The minimum absolute atomic E-state index is 0.230. The monoisotopic (exact) mass is 599 g/mol. The van der Waals surface area contributed by atoms with E-state index in [1.54, 1.807) is 0 Å². The van der Waals surface area contributed by atoms with Crippen LogP contribution in [0.15, 0.2) is 121 Å². The molecular formula is C28H25Cl2P2Pd. The standard InChI is InChI=1S/C28H25Cl2P2.Pd/c1-2-27(29)28(30,31(23-15-7-3-8-16-23)24-17-9-4-10-18-24)32(25-19-11-5-12-20-25)26-21-13-6-14-22-26;/h3-22,27H,1-2H2;. The van der Waals surface area contributed by atoms with Crippen molar-refractivity contribution in [3.05, 3.63) is 121 Å². The van der Waals surface area contributed by atoms with Crippen molar-refractivity contribution < 1.29 is 19.2 Å². The molecule has 0 nitrogen and oxygen atoms in total. The van der Waals surface area contributed by atoms with Crippen LogP contribution in [0.1, 0.15) is 6.42 Å². The summed E-state index contributed by atoms with van der Waals surface area (Å²) in [5, 5.41) is 4.76. The summed E-state index contributed by atoms with van der Waals surface area (Å²) >= 11 is 18.7. The van der Waals surface area contributed by atoms with Crippen molar-refractivity contribution in [3.63, 3.8) is 0 Å². The van der Waals surface area contributed by atoms with Gasteiger partial charge in [0.2, 0.25) is 0 Å². The van der Waals surface area contributed by atoms with E-state index < -0.39 is 20.2 Å². The molecule has 0 spiro atoms. The van der Waals surface area contributed by atoms with Gasteiger partial charge in [-0.2, -0.15) is 0 Å². The van der Waals surface area contributed by atoms with Crippen LogP contribution in [0.5, 0.6) is 0 Å². The molecule has 0 saturated heterocycles. The Labute approximate surface area is 220 Å². The Kier molecular flexibility index (Phi) is 9.20. The fourth-order valence-corrected chi connectivity index (χ4v) is 13.6. The predicted molar refractivity (Wildman–Crippen MR) is 146 cm³/mol. The SMILES string of the molecule is ClC(C[CH2][Pd])C(Cl)(P(c1ccccc1)c1ccccc1)P(c1ccccc1)c1ccccc1. The fourth-order valence-electron chi connectivity index (χ4n) is 3.97. The van der Waals surface area contributed by atoms with Crippen LogP contribution >= 0.6 is 39.0 Å². The first-order valence-electron chi connectivity index (χ1n) is 10.8. The van der Waals surface area contributed by atoms with Crippen LogP contribution in [-0.4, -0.2) is 9.73 Å². The van der Waals surface area contributed by atoms with Gasteiger partial charge in [0, 0.05) is 0 Å². The fraction of sp³-hybridized carbons (Fsp3) is 0.143. The Balaban J connectivity index is 2.02. The van der Waals surface area contributed by atoms with E-state index in [4.69, 9.17) is 23.2 Å². The van der Waals surface area contributed by atoms with Crippen LogP contribution in [0.4, 0.5) is 0 Å². The Bertz CT molecular complexity index is 950. The van der Waals surface area contributed by atoms with Gasteiger partial charge < -0.3 is 0 Å². The molecule has 0 radical (unpaired) electrons. The first-order valence-corrected chi connectivity index (χ1v) is 15.4. The molecule has 0 fully saturated rings. The Morgan fingerprint density at radius 3 is 1.09 bits per heavy atom. The molecule has 5 heteroatoms. The van der Waals surface area contributed by atoms with Gasteiger partial charge in [-0.05, 0) is 0 Å². The first-order chi connectivity index (χ1) is 16.2. The van der Waals surface area contributed by atoms with Crippen LogP contribution in [-0.2, 0) is 19.2 Å². The van der Waals surface area contributed by atoms with Gasteiger partial charge in [-0.3, -0.25) is 0 Å². The molecule has 0 saturated carbocycles. The zero-order chi connectivity index (χ0) is 23.1. The van der Waals surface area contributed by atoms with E-state index in [9.17, 15) is 0 Å². The molecule has 1 atom stereocenters. The van der Waals surface area contributed by atoms with Gasteiger partial charge in [0.25, 0.3) is 0 Å². The minimum atomic E-state index is -0.988. The van der Waals surface area contributed by atoms with Gasteiger partial charge in [-0.15, -0.1) is 0 Å². The van der Waals surface area contributed by atoms with Crippen molar-refractivity contribution in [3.8, 4) is 0 Å². The molecule has 1 unspecified atom stereocenters. The molecule has 4 aromatic carbocycles. The molecule has 0 aliphatic rings. The van der Waals surface area contributed by atoms with Crippen LogP contribution < -0.4 is 21.2 Å². The van der Waals surface area contributed by atoms with Crippen molar-refractivity contribution in [1.29, 1.82) is 0 Å². The van der Waals surface area contributed by atoms with E-state index in [-0.39, 0.29) is 5.38 Å². The number of rotatable bonds is 9. The molecule has 4 rings (SSSR count). The second kappa shape index (κ2) is 12.1. The second-order valence-electron chi connectivity index (χ2n) is 7.56. The van der Waals surface area contributed by atoms with Crippen LogP contribution in [0, 0.1) is 0 Å². The van der Waals surface area contributed by atoms with Gasteiger partial charge >= 0.3 is 222 Å². The molecule has 0 aliphatic heterocycles. The van der Waals surface area contributed by atoms with Crippen molar-refractivity contribution in [2.75, 3.05) is 0 Å². The second-order valence-corrected chi connectivity index (χ2v) is 15.2. The maximum absolute atomic E-state index is 8.05. The quantitative estimate of drug-likeness (QED) is 0.109. The van der Waals surface area contributed by atoms with E-state index in [1.807, 2.05) is 0 Å². The molecule has 0 aromatic heterocycles. The molecule has 0 bridgehead atoms. The molecule has 0 aliphatic carbocycles. The molecule has 0 amide bonds. The third kappa shape index (κ3) is 5.63. The summed E-state index contributed by atoms with van der Waals surface area (Å²) in [6.45, 7) is 0. The van der Waals surface area contributed by atoms with Gasteiger partial charge in [-0.1, -0.05) is 0 Å². The zero-order valence-electron chi connectivity index (χ0n) is 18.0. The van der Waals surface area contributed by atoms with Crippen molar-refractivity contribution in [2.24, 2.45) is 0 Å². The van der Waals surface area contributed by atoms with Gasteiger partial charge in [0.15, 0.2) is 0 Å². The molecule has 4 aromatic rings. The number of hydrogen-bond donors (Lipinski definition) is 0. The number of benzene rings is 4. The summed E-state index contributed by atoms with van der Waals surface area (Å²) in [5.74, 6) is 0. The number of hydrogen-bond acceptors (Lipinski definition) is 0. The van der Waals surface area contributed by atoms with Crippen molar-refractivity contribution in [2.45, 2.75) is 21.0 Å². The Hall–Kier alpha value is -1.02. The molecular weight excluding hydrogens is 576 g/mol. The van der Waals surface area contributed by atoms with Crippen molar-refractivity contribution >= 4 is 60.3 Å². The summed E-state index contributed by atoms with van der Waals surface area (Å²) in [5.41, 5.74) is 0. The average molecular weight is 601 g/mol. The average Bonchev–Trinajstić information content (AvgIpc) is 2.87. The van der Waals surface area contributed by atoms with Crippen LogP contribution in [0.2, 0.25) is 4.89 Å². The summed E-state index contributed by atoms with van der Waals surface area (Å²) in [7, 11) is -1.98. The topological polar surface area (TPSA) is 0 Å². The molecule has 33 heavy (non-hydrogen) atoms. The Morgan fingerprint density at radius 2 is 0.848 bits per heavy atom. The Morgan fingerprint density at radius 1 is 0.576 bits per heavy atom. The zero-order valence-corrected chi connectivity index (χ0v) is 22.9.